The minimum Gasteiger partial charge on any atom is -0.314 e. The average molecular weight is 254 g/mol. The molecule has 17 heavy (non-hydrogen) atoms. The highest BCUT2D eigenvalue weighted by atomic mass is 32.2. The molecule has 5 heteroatoms. The lowest BCUT2D eigenvalue weighted by atomic mass is 10.1. The van der Waals surface area contributed by atoms with Gasteiger partial charge in [0.1, 0.15) is 9.84 Å². The third-order valence-electron chi connectivity index (χ3n) is 3.12. The van der Waals surface area contributed by atoms with Gasteiger partial charge in [0.2, 0.25) is 0 Å². The summed E-state index contributed by atoms with van der Waals surface area (Å²) in [5.41, 5.74) is 1.21. The van der Waals surface area contributed by atoms with Crippen molar-refractivity contribution in [3.63, 3.8) is 0 Å². The number of aromatic nitrogens is 1. The molecule has 2 rings (SSSR count). The summed E-state index contributed by atoms with van der Waals surface area (Å²) < 4.78 is 22.5. The first-order valence-corrected chi connectivity index (χ1v) is 7.80. The zero-order valence-corrected chi connectivity index (χ0v) is 10.6. The molecule has 0 aromatic carbocycles. The second-order valence-corrected chi connectivity index (χ2v) is 6.80. The van der Waals surface area contributed by atoms with Gasteiger partial charge in [-0.2, -0.15) is 0 Å². The van der Waals surface area contributed by atoms with E-state index < -0.39 is 9.84 Å². The zero-order chi connectivity index (χ0) is 12.1. The maximum atomic E-state index is 11.3. The first-order valence-electron chi connectivity index (χ1n) is 5.98. The molecule has 2 heterocycles. The highest BCUT2D eigenvalue weighted by molar-refractivity contribution is 7.91. The molecule has 1 saturated heterocycles. The summed E-state index contributed by atoms with van der Waals surface area (Å²) in [5.74, 6) is 0.662. The van der Waals surface area contributed by atoms with Crippen LogP contribution in [-0.2, 0) is 16.3 Å². The van der Waals surface area contributed by atoms with Crippen LogP contribution in [0.5, 0.6) is 0 Å². The van der Waals surface area contributed by atoms with Crippen LogP contribution >= 0.6 is 0 Å². The van der Waals surface area contributed by atoms with Crippen molar-refractivity contribution in [3.05, 3.63) is 30.1 Å². The molecule has 4 nitrogen and oxygen atoms in total. The van der Waals surface area contributed by atoms with Crippen LogP contribution in [0, 0.1) is 0 Å². The van der Waals surface area contributed by atoms with Crippen LogP contribution in [0.4, 0.5) is 0 Å². The zero-order valence-electron chi connectivity index (χ0n) is 9.80. The largest absolute Gasteiger partial charge is 0.314 e. The Bertz CT molecular complexity index is 431. The van der Waals surface area contributed by atoms with Gasteiger partial charge in [0.15, 0.2) is 0 Å². The number of hydrogen-bond acceptors (Lipinski definition) is 4. The highest BCUT2D eigenvalue weighted by Gasteiger charge is 2.22. The molecule has 94 valence electrons. The maximum Gasteiger partial charge on any atom is 0.150 e. The van der Waals surface area contributed by atoms with Gasteiger partial charge >= 0.3 is 0 Å². The lowest BCUT2D eigenvalue weighted by Gasteiger charge is -2.23. The van der Waals surface area contributed by atoms with Crippen molar-refractivity contribution in [1.82, 2.24) is 10.3 Å². The SMILES string of the molecule is O=S1(=O)CCC(NCCc2cccnc2)CC1. The summed E-state index contributed by atoms with van der Waals surface area (Å²) in [6.07, 6.45) is 6.07. The predicted molar refractivity (Wildman–Crippen MR) is 67.6 cm³/mol. The number of rotatable bonds is 4. The van der Waals surface area contributed by atoms with Crippen molar-refractivity contribution in [2.45, 2.75) is 25.3 Å². The first-order chi connectivity index (χ1) is 8.16. The van der Waals surface area contributed by atoms with Crippen LogP contribution in [0.25, 0.3) is 0 Å². The fraction of sp³-hybridized carbons (Fsp3) is 0.583. The van der Waals surface area contributed by atoms with E-state index in [0.717, 1.165) is 25.8 Å². The van der Waals surface area contributed by atoms with Crippen LogP contribution < -0.4 is 5.32 Å². The van der Waals surface area contributed by atoms with E-state index in [9.17, 15) is 8.42 Å². The normalized spacial score (nSPS) is 20.2. The number of hydrogen-bond donors (Lipinski definition) is 1. The summed E-state index contributed by atoms with van der Waals surface area (Å²) in [6.45, 7) is 0.885. The Balaban J connectivity index is 1.70. The van der Waals surface area contributed by atoms with E-state index in [-0.39, 0.29) is 0 Å². The van der Waals surface area contributed by atoms with Gasteiger partial charge in [0.25, 0.3) is 0 Å². The third kappa shape index (κ3) is 4.09. The van der Waals surface area contributed by atoms with Gasteiger partial charge in [-0.1, -0.05) is 6.07 Å². The van der Waals surface area contributed by atoms with E-state index in [1.807, 2.05) is 12.3 Å². The molecule has 0 radical (unpaired) electrons. The van der Waals surface area contributed by atoms with Gasteiger partial charge in [-0.25, -0.2) is 8.42 Å². The van der Waals surface area contributed by atoms with Crippen molar-refractivity contribution in [2.24, 2.45) is 0 Å². The van der Waals surface area contributed by atoms with E-state index in [1.54, 1.807) is 6.20 Å². The number of nitrogens with zero attached hydrogens (tertiary/aromatic N) is 1. The van der Waals surface area contributed by atoms with Gasteiger partial charge in [-0.3, -0.25) is 4.98 Å². The number of nitrogens with one attached hydrogen (secondary N) is 1. The smallest absolute Gasteiger partial charge is 0.150 e. The molecule has 0 saturated carbocycles. The van der Waals surface area contributed by atoms with Crippen molar-refractivity contribution < 1.29 is 8.42 Å². The molecule has 1 aromatic heterocycles. The van der Waals surface area contributed by atoms with Gasteiger partial charge in [-0.15, -0.1) is 0 Å². The quantitative estimate of drug-likeness (QED) is 0.863. The summed E-state index contributed by atoms with van der Waals surface area (Å²) in [4.78, 5) is 4.06. The molecule has 0 unspecified atom stereocenters. The Morgan fingerprint density at radius 3 is 2.76 bits per heavy atom. The molecule has 0 aliphatic carbocycles. The maximum absolute atomic E-state index is 11.3. The molecule has 1 N–H and O–H groups in total. The fourth-order valence-corrected chi connectivity index (χ4v) is 3.55. The molecular formula is C12H18N2O2S. The van der Waals surface area contributed by atoms with Crippen LogP contribution in [0.15, 0.2) is 24.5 Å². The highest BCUT2D eigenvalue weighted by Crippen LogP contribution is 2.12. The lowest BCUT2D eigenvalue weighted by Crippen LogP contribution is -2.38. The molecule has 1 aromatic rings. The second kappa shape index (κ2) is 5.60. The minimum absolute atomic E-state index is 0.331. The number of pyridine rings is 1. The van der Waals surface area contributed by atoms with Gasteiger partial charge in [-0.05, 0) is 37.4 Å². The summed E-state index contributed by atoms with van der Waals surface area (Å²) in [7, 11) is -2.74. The van der Waals surface area contributed by atoms with Crippen LogP contribution in [0.1, 0.15) is 18.4 Å². The molecule has 1 fully saturated rings. The van der Waals surface area contributed by atoms with Crippen LogP contribution in [0.2, 0.25) is 0 Å². The fourth-order valence-electron chi connectivity index (χ4n) is 2.06. The van der Waals surface area contributed by atoms with Crippen molar-refractivity contribution in [1.29, 1.82) is 0 Å². The Labute approximate surface area is 102 Å². The molecule has 1 aliphatic heterocycles. The molecule has 1 aliphatic rings. The van der Waals surface area contributed by atoms with E-state index in [4.69, 9.17) is 0 Å². The van der Waals surface area contributed by atoms with Gasteiger partial charge in [0, 0.05) is 18.4 Å². The first kappa shape index (κ1) is 12.5. The standard InChI is InChI=1S/C12H18N2O2S/c15-17(16)8-4-12(5-9-17)14-7-3-11-2-1-6-13-10-11/h1-2,6,10,12,14H,3-5,7-9H2. The third-order valence-corrected chi connectivity index (χ3v) is 4.84. The van der Waals surface area contributed by atoms with E-state index in [2.05, 4.69) is 16.4 Å². The summed E-state index contributed by atoms with van der Waals surface area (Å²) in [6, 6.07) is 4.35. The van der Waals surface area contributed by atoms with Crippen LogP contribution in [-0.4, -0.2) is 37.5 Å². The Morgan fingerprint density at radius 1 is 1.35 bits per heavy atom. The van der Waals surface area contributed by atoms with Crippen molar-refractivity contribution in [3.8, 4) is 0 Å². The van der Waals surface area contributed by atoms with Crippen molar-refractivity contribution in [2.75, 3.05) is 18.1 Å². The molecule has 0 amide bonds. The Kier molecular flexibility index (Phi) is 4.12. The minimum atomic E-state index is -2.74. The predicted octanol–water partition coefficient (Wildman–Crippen LogP) is 0.791. The lowest BCUT2D eigenvalue weighted by molar-refractivity contribution is 0.466. The Hall–Kier alpha value is -0.940. The Morgan fingerprint density at radius 2 is 2.12 bits per heavy atom. The van der Waals surface area contributed by atoms with Crippen LogP contribution in [0.3, 0.4) is 0 Å². The second-order valence-electron chi connectivity index (χ2n) is 4.49. The summed E-state index contributed by atoms with van der Waals surface area (Å²) in [5, 5.41) is 3.42. The van der Waals surface area contributed by atoms with Gasteiger partial charge < -0.3 is 5.32 Å². The molecular weight excluding hydrogens is 236 g/mol. The topological polar surface area (TPSA) is 59.1 Å². The number of sulfone groups is 1. The van der Waals surface area contributed by atoms with E-state index >= 15 is 0 Å². The van der Waals surface area contributed by atoms with Crippen molar-refractivity contribution >= 4 is 9.84 Å². The molecule has 0 spiro atoms. The average Bonchev–Trinajstić information content (AvgIpc) is 2.33. The van der Waals surface area contributed by atoms with Gasteiger partial charge in [0.05, 0.1) is 11.5 Å². The molecule has 0 atom stereocenters. The summed E-state index contributed by atoms with van der Waals surface area (Å²) >= 11 is 0. The molecule has 0 bridgehead atoms. The van der Waals surface area contributed by atoms with E-state index in [1.165, 1.54) is 5.56 Å². The van der Waals surface area contributed by atoms with E-state index in [0.29, 0.717) is 17.5 Å². The monoisotopic (exact) mass is 254 g/mol.